The molecule has 1 atom stereocenters. The molecular weight excluding hydrogens is 453 g/mol. The Bertz CT molecular complexity index is 1430. The zero-order valence-electron chi connectivity index (χ0n) is 17.1. The number of fused-ring (bicyclic) bond motifs is 2. The summed E-state index contributed by atoms with van der Waals surface area (Å²) in [5.41, 5.74) is 0.0440. The Hall–Kier alpha value is -3.10. The van der Waals surface area contributed by atoms with E-state index in [-0.39, 0.29) is 33.0 Å². The van der Waals surface area contributed by atoms with Crippen LogP contribution in [0.25, 0.3) is 11.0 Å². The summed E-state index contributed by atoms with van der Waals surface area (Å²) in [4.78, 5) is 28.3. The van der Waals surface area contributed by atoms with E-state index in [1.165, 1.54) is 28.4 Å². The minimum atomic E-state index is -1.03. The average Bonchev–Trinajstić information content (AvgIpc) is 3.31. The highest BCUT2D eigenvalue weighted by Gasteiger charge is 2.46. The first-order valence-corrected chi connectivity index (χ1v) is 11.2. The van der Waals surface area contributed by atoms with Crippen molar-refractivity contribution in [1.29, 1.82) is 0 Å². The fraction of sp³-hybridized carbons (Fsp3) is 0.217. The smallest absolute Gasteiger partial charge is 0.297 e. The molecule has 1 aliphatic heterocycles. The van der Waals surface area contributed by atoms with E-state index in [2.05, 4.69) is 24.0 Å². The molecule has 32 heavy (non-hydrogen) atoms. The van der Waals surface area contributed by atoms with Crippen LogP contribution in [0.3, 0.4) is 0 Å². The van der Waals surface area contributed by atoms with E-state index in [0.29, 0.717) is 17.4 Å². The minimum Gasteiger partial charge on any atom is -0.450 e. The van der Waals surface area contributed by atoms with Crippen LogP contribution in [0, 0.1) is 11.7 Å². The van der Waals surface area contributed by atoms with E-state index in [1.54, 1.807) is 30.3 Å². The molecule has 2 aromatic heterocycles. The van der Waals surface area contributed by atoms with Gasteiger partial charge in [-0.3, -0.25) is 14.5 Å². The van der Waals surface area contributed by atoms with E-state index in [0.717, 1.165) is 5.01 Å². The van der Waals surface area contributed by atoms with Crippen molar-refractivity contribution in [2.45, 2.75) is 26.3 Å². The van der Waals surface area contributed by atoms with Crippen LogP contribution in [0.4, 0.5) is 9.52 Å². The van der Waals surface area contributed by atoms with Crippen molar-refractivity contribution in [1.82, 2.24) is 10.2 Å². The number of hydrogen-bond donors (Lipinski definition) is 0. The number of nitrogens with zero attached hydrogens (tertiary/aromatic N) is 3. The van der Waals surface area contributed by atoms with Gasteiger partial charge in [0.25, 0.3) is 5.91 Å². The fourth-order valence-corrected chi connectivity index (χ4v) is 5.16. The maximum absolute atomic E-state index is 14.9. The lowest BCUT2D eigenvalue weighted by molar-refractivity contribution is 0.0970. The summed E-state index contributed by atoms with van der Waals surface area (Å²) in [6, 6.07) is 9.62. The van der Waals surface area contributed by atoms with Gasteiger partial charge in [-0.15, -0.1) is 10.2 Å². The van der Waals surface area contributed by atoms with Crippen LogP contribution in [0.5, 0.6) is 0 Å². The van der Waals surface area contributed by atoms with Crippen LogP contribution in [0.1, 0.15) is 46.6 Å². The molecule has 0 radical (unpaired) electrons. The maximum Gasteiger partial charge on any atom is 0.297 e. The van der Waals surface area contributed by atoms with E-state index in [9.17, 15) is 14.0 Å². The summed E-state index contributed by atoms with van der Waals surface area (Å²) in [7, 11) is 0. The highest BCUT2D eigenvalue weighted by Crippen LogP contribution is 2.43. The van der Waals surface area contributed by atoms with Gasteiger partial charge in [0, 0.05) is 17.0 Å². The van der Waals surface area contributed by atoms with Crippen molar-refractivity contribution < 1.29 is 13.6 Å². The molecule has 0 saturated heterocycles. The third kappa shape index (κ3) is 3.30. The molecule has 9 heteroatoms. The first kappa shape index (κ1) is 20.8. The Balaban J connectivity index is 1.76. The van der Waals surface area contributed by atoms with Crippen LogP contribution in [0.15, 0.2) is 51.7 Å². The van der Waals surface area contributed by atoms with Crippen LogP contribution in [0.2, 0.25) is 5.02 Å². The summed E-state index contributed by atoms with van der Waals surface area (Å²) < 4.78 is 20.8. The zero-order valence-corrected chi connectivity index (χ0v) is 18.7. The number of halogens is 2. The predicted molar refractivity (Wildman–Crippen MR) is 121 cm³/mol. The minimum absolute atomic E-state index is 0.0653. The summed E-state index contributed by atoms with van der Waals surface area (Å²) >= 11 is 7.33. The highest BCUT2D eigenvalue weighted by molar-refractivity contribution is 7.15. The number of carbonyl (C=O) groups excluding carboxylic acids is 1. The van der Waals surface area contributed by atoms with Crippen LogP contribution in [-0.4, -0.2) is 16.1 Å². The van der Waals surface area contributed by atoms with Gasteiger partial charge in [-0.1, -0.05) is 55.0 Å². The molecule has 162 valence electrons. The summed E-state index contributed by atoms with van der Waals surface area (Å²) in [6.45, 7) is 4.11. The Morgan fingerprint density at radius 2 is 1.97 bits per heavy atom. The van der Waals surface area contributed by atoms with Crippen LogP contribution >= 0.6 is 22.9 Å². The van der Waals surface area contributed by atoms with Crippen LogP contribution in [-0.2, 0) is 6.42 Å². The molecule has 0 unspecified atom stereocenters. The second-order valence-corrected chi connectivity index (χ2v) is 9.47. The number of carbonyl (C=O) groups is 1. The molecule has 1 amide bonds. The molecule has 0 aliphatic carbocycles. The van der Waals surface area contributed by atoms with Crippen molar-refractivity contribution >= 4 is 44.9 Å². The average molecular weight is 470 g/mol. The Kier molecular flexibility index (Phi) is 5.06. The first-order chi connectivity index (χ1) is 15.3. The molecule has 1 aliphatic rings. The zero-order chi connectivity index (χ0) is 22.6. The van der Waals surface area contributed by atoms with Gasteiger partial charge in [0.1, 0.15) is 22.4 Å². The molecule has 0 saturated carbocycles. The van der Waals surface area contributed by atoms with Gasteiger partial charge in [0.15, 0.2) is 5.43 Å². The van der Waals surface area contributed by atoms with Gasteiger partial charge in [-0.05, 0) is 30.2 Å². The van der Waals surface area contributed by atoms with Crippen molar-refractivity contribution in [3.05, 3.63) is 85.4 Å². The van der Waals surface area contributed by atoms with Gasteiger partial charge >= 0.3 is 0 Å². The largest absolute Gasteiger partial charge is 0.450 e. The number of benzene rings is 2. The lowest BCUT2D eigenvalue weighted by Crippen LogP contribution is -2.30. The lowest BCUT2D eigenvalue weighted by atomic mass is 9.98. The molecule has 0 fully saturated rings. The second kappa shape index (κ2) is 7.79. The SMILES string of the molecule is CC(C)Cc1nnc(N2C(=O)c3oc4ccc(Cl)cc4c(=O)c3[C@@H]2c2ccccc2F)s1. The van der Waals surface area contributed by atoms with Crippen molar-refractivity contribution in [3.8, 4) is 0 Å². The summed E-state index contributed by atoms with van der Waals surface area (Å²) in [6.07, 6.45) is 0.691. The van der Waals surface area contributed by atoms with E-state index in [1.807, 2.05) is 0 Å². The Morgan fingerprint density at radius 1 is 1.19 bits per heavy atom. The van der Waals surface area contributed by atoms with Gasteiger partial charge in [0.05, 0.1) is 10.9 Å². The van der Waals surface area contributed by atoms with Crippen molar-refractivity contribution in [2.75, 3.05) is 4.90 Å². The lowest BCUT2D eigenvalue weighted by Gasteiger charge is -2.22. The summed E-state index contributed by atoms with van der Waals surface area (Å²) in [5.74, 6) is -0.878. The molecule has 0 bridgehead atoms. The topological polar surface area (TPSA) is 76.3 Å². The number of anilines is 1. The van der Waals surface area contributed by atoms with Gasteiger partial charge in [-0.25, -0.2) is 4.39 Å². The van der Waals surface area contributed by atoms with E-state index < -0.39 is 23.2 Å². The predicted octanol–water partition coefficient (Wildman–Crippen LogP) is 5.39. The quantitative estimate of drug-likeness (QED) is 0.400. The highest BCUT2D eigenvalue weighted by atomic mass is 35.5. The normalized spacial score (nSPS) is 15.7. The fourth-order valence-electron chi connectivity index (χ4n) is 3.91. The molecular formula is C23H17ClFN3O3S. The number of amides is 1. The molecule has 3 heterocycles. The number of hydrogen-bond acceptors (Lipinski definition) is 6. The molecule has 5 rings (SSSR count). The van der Waals surface area contributed by atoms with Gasteiger partial charge in [-0.2, -0.15) is 0 Å². The number of rotatable bonds is 4. The standard InChI is InChI=1S/C23H17ClFN3O3S/c1-11(2)9-17-26-27-23(32-17)28-19(13-5-3-4-6-15(13)25)18-20(29)14-10-12(24)7-8-16(14)31-21(18)22(28)30/h3-8,10-11,19H,9H2,1-2H3/t19-/m0/s1. The van der Waals surface area contributed by atoms with E-state index >= 15 is 0 Å². The third-order valence-corrected chi connectivity index (χ3v) is 6.46. The molecule has 2 aromatic carbocycles. The molecule has 0 spiro atoms. The van der Waals surface area contributed by atoms with Crippen LogP contribution < -0.4 is 10.3 Å². The van der Waals surface area contributed by atoms with Gasteiger partial charge in [0.2, 0.25) is 10.9 Å². The second-order valence-electron chi connectivity index (χ2n) is 7.99. The van der Waals surface area contributed by atoms with Crippen molar-refractivity contribution in [3.63, 3.8) is 0 Å². The first-order valence-electron chi connectivity index (χ1n) is 10.0. The number of aromatic nitrogens is 2. The van der Waals surface area contributed by atoms with Gasteiger partial charge < -0.3 is 4.42 Å². The summed E-state index contributed by atoms with van der Waals surface area (Å²) in [5, 5.41) is 10.0. The third-order valence-electron chi connectivity index (χ3n) is 5.28. The van der Waals surface area contributed by atoms with E-state index in [4.69, 9.17) is 16.0 Å². The maximum atomic E-state index is 14.9. The molecule has 6 nitrogen and oxygen atoms in total. The molecule has 0 N–H and O–H groups in total. The Labute approximate surface area is 191 Å². The monoisotopic (exact) mass is 469 g/mol. The van der Waals surface area contributed by atoms with Crippen molar-refractivity contribution in [2.24, 2.45) is 5.92 Å². The molecule has 4 aromatic rings. The Morgan fingerprint density at radius 3 is 2.72 bits per heavy atom.